The highest BCUT2D eigenvalue weighted by Crippen LogP contribution is 2.38. The number of nitriles is 4. The van der Waals surface area contributed by atoms with Gasteiger partial charge in [-0.2, -0.15) is 31.0 Å². The van der Waals surface area contributed by atoms with Crippen LogP contribution in [-0.4, -0.2) is 48.2 Å². The lowest BCUT2D eigenvalue weighted by molar-refractivity contribution is 0.00578. The van der Waals surface area contributed by atoms with Gasteiger partial charge in [0, 0.05) is 41.5 Å². The Morgan fingerprint density at radius 1 is 0.568 bits per heavy atom. The van der Waals surface area contributed by atoms with E-state index in [1.54, 1.807) is 73.1 Å². The number of halogens is 1. The molecule has 1 aliphatic rings. The third-order valence-corrected chi connectivity index (χ3v) is 12.6. The van der Waals surface area contributed by atoms with E-state index in [1.165, 1.54) is 12.2 Å². The van der Waals surface area contributed by atoms with Gasteiger partial charge in [-0.1, -0.05) is 47.0 Å². The molecule has 74 heavy (non-hydrogen) atoms. The molecule has 4 aromatic carbocycles. The molecule has 0 aliphatic carbocycles. The summed E-state index contributed by atoms with van der Waals surface area (Å²) in [6.45, 7) is 16.4. The second-order valence-corrected chi connectivity index (χ2v) is 18.6. The van der Waals surface area contributed by atoms with Crippen molar-refractivity contribution >= 4 is 93.3 Å². The smallest absolute Gasteiger partial charge is 0.399 e. The van der Waals surface area contributed by atoms with Crippen molar-refractivity contribution in [2.45, 2.75) is 66.6 Å². The quantitative estimate of drug-likeness (QED) is 0.0814. The predicted octanol–water partition coefficient (Wildman–Crippen LogP) is 11.1. The molecular weight excluding hydrogens is 947 g/mol. The highest BCUT2D eigenvalue weighted by molar-refractivity contribution is 6.63. The zero-order chi connectivity index (χ0) is 53.3. The van der Waals surface area contributed by atoms with Crippen LogP contribution in [0.1, 0.15) is 72.2 Å². The zero-order valence-corrected chi connectivity index (χ0v) is 42.7. The summed E-state index contributed by atoms with van der Waals surface area (Å²) in [5.74, 6) is 1.19. The summed E-state index contributed by atoms with van der Waals surface area (Å²) < 4.78 is 12.3. The Labute approximate surface area is 434 Å². The number of allylic oxidation sites excluding steroid dienone is 2. The maximum absolute atomic E-state index is 8.98. The molecule has 0 bridgehead atoms. The van der Waals surface area contributed by atoms with E-state index in [0.717, 1.165) is 61.3 Å². The van der Waals surface area contributed by atoms with Gasteiger partial charge in [0.15, 0.2) is 11.6 Å². The third kappa shape index (κ3) is 11.9. The molecule has 1 aliphatic heterocycles. The molecule has 0 atom stereocenters. The first-order chi connectivity index (χ1) is 35.3. The van der Waals surface area contributed by atoms with Crippen LogP contribution in [0.15, 0.2) is 109 Å². The van der Waals surface area contributed by atoms with Crippen molar-refractivity contribution in [3.05, 3.63) is 159 Å². The van der Waals surface area contributed by atoms with Gasteiger partial charge in [-0.15, -0.1) is 0 Å². The lowest BCUT2D eigenvalue weighted by Crippen LogP contribution is -2.41. The number of anilines is 6. The first-order valence-corrected chi connectivity index (χ1v) is 23.5. The van der Waals surface area contributed by atoms with Crippen molar-refractivity contribution in [2.75, 3.05) is 22.1 Å². The summed E-state index contributed by atoms with van der Waals surface area (Å²) in [5, 5.41) is 41.8. The first-order valence-electron chi connectivity index (χ1n) is 23.1. The molecule has 1 saturated heterocycles. The summed E-state index contributed by atoms with van der Waals surface area (Å²) in [6, 6.07) is 33.8. The van der Waals surface area contributed by atoms with Crippen LogP contribution in [0, 0.1) is 73.0 Å². The molecule has 1 fully saturated rings. The fraction of sp³-hybridized carbons (Fsp3) is 0.179. The summed E-state index contributed by atoms with van der Waals surface area (Å²) in [4.78, 5) is 26.0. The molecule has 4 aromatic heterocycles. The average molecular weight is 997 g/mol. The summed E-state index contributed by atoms with van der Waals surface area (Å²) >= 11 is 6.09. The number of nitrogens with one attached hydrogen (secondary N) is 2. The van der Waals surface area contributed by atoms with Gasteiger partial charge in [-0.25, -0.2) is 9.97 Å². The van der Waals surface area contributed by atoms with Gasteiger partial charge in [0.25, 0.3) is 0 Å². The van der Waals surface area contributed by atoms with Crippen LogP contribution in [0.25, 0.3) is 45.3 Å². The summed E-state index contributed by atoms with van der Waals surface area (Å²) in [7, 11) is -0.344. The van der Waals surface area contributed by atoms with Crippen LogP contribution < -0.4 is 27.6 Å². The highest BCUT2D eigenvalue weighted by atomic mass is 35.5. The van der Waals surface area contributed by atoms with Crippen molar-refractivity contribution in [2.24, 2.45) is 0 Å². The number of benzene rings is 4. The highest BCUT2D eigenvalue weighted by Gasteiger charge is 2.52. The van der Waals surface area contributed by atoms with Gasteiger partial charge in [0.1, 0.15) is 22.1 Å². The Morgan fingerprint density at radius 2 is 0.986 bits per heavy atom. The monoisotopic (exact) mass is 996 g/mol. The molecule has 9 rings (SSSR count). The second kappa shape index (κ2) is 22.5. The fourth-order valence-electron chi connectivity index (χ4n) is 8.12. The number of aryl methyl sites for hydroxylation is 4. The number of pyridine rings is 2. The van der Waals surface area contributed by atoms with Gasteiger partial charge < -0.3 is 31.4 Å². The number of fused-ring (bicyclic) bond motifs is 2. The molecular formula is C56H50BClN14O2. The van der Waals surface area contributed by atoms with Crippen LogP contribution in [-0.2, 0) is 9.31 Å². The average Bonchev–Trinajstić information content (AvgIpc) is 3.58. The van der Waals surface area contributed by atoms with Crippen LogP contribution in [0.5, 0.6) is 0 Å². The van der Waals surface area contributed by atoms with Gasteiger partial charge in [-0.05, 0) is 161 Å². The molecule has 6 N–H and O–H groups in total. The number of hydrogen-bond donors (Lipinski definition) is 4. The maximum atomic E-state index is 8.98. The topological polar surface area (TPSA) is 267 Å². The van der Waals surface area contributed by atoms with E-state index in [-0.39, 0.29) is 30.0 Å². The lowest BCUT2D eigenvalue weighted by atomic mass is 9.73. The number of aromatic nitrogens is 6. The summed E-state index contributed by atoms with van der Waals surface area (Å²) in [6.07, 6.45) is 9.81. The van der Waals surface area contributed by atoms with Crippen molar-refractivity contribution in [3.8, 4) is 35.4 Å². The largest absolute Gasteiger partial charge is 0.495 e. The molecule has 0 unspecified atom stereocenters. The Bertz CT molecular complexity index is 3600. The number of hydrogen-bond acceptors (Lipinski definition) is 16. The minimum Gasteiger partial charge on any atom is -0.399 e. The normalized spacial score (nSPS) is 13.2. The van der Waals surface area contributed by atoms with Gasteiger partial charge in [-0.3, -0.25) is 9.97 Å². The van der Waals surface area contributed by atoms with Crippen LogP contribution in [0.2, 0.25) is 5.02 Å². The fourth-order valence-corrected chi connectivity index (χ4v) is 8.31. The molecule has 0 amide bonds. The SMILES string of the molecule is Cc1cc(/C=C/C#N)cc(C)c1-c1ccnc2c(N)nc(Nc3ccc(C#N)cc3)nc12.Cc1cc(/C=C/C#N)cc(C)c1B1OC(C)(C)C(C)(C)O1.N#Cc1ccc(Nc2nc(N)c3nccc(Cl)c3n2)cc1. The molecule has 0 spiro atoms. The van der Waals surface area contributed by atoms with Crippen LogP contribution in [0.4, 0.5) is 34.9 Å². The van der Waals surface area contributed by atoms with Crippen molar-refractivity contribution in [1.82, 2.24) is 29.9 Å². The minimum absolute atomic E-state index is 0.249. The molecule has 0 radical (unpaired) electrons. The third-order valence-electron chi connectivity index (χ3n) is 12.3. The number of rotatable bonds is 8. The minimum atomic E-state index is -0.344. The van der Waals surface area contributed by atoms with Gasteiger partial charge in [0.05, 0.1) is 51.6 Å². The van der Waals surface area contributed by atoms with Crippen molar-refractivity contribution < 1.29 is 9.31 Å². The second-order valence-electron chi connectivity index (χ2n) is 18.2. The van der Waals surface area contributed by atoms with E-state index in [2.05, 4.69) is 101 Å². The first kappa shape index (κ1) is 52.6. The zero-order valence-electron chi connectivity index (χ0n) is 41.9. The molecule has 366 valence electrons. The standard InChI is InChI=1S/C25H19N7.C17H22BNO2.C14H9ClN6/c1-15-12-18(4-3-10-26)13-16(2)21(15)20-9-11-29-23-22(20)31-25(32-24(23)28)30-19-7-5-17(14-27)6-8-19;1-12-10-14(8-7-9-19)11-13(2)15(12)18-20-16(3,4)17(5,6)21-18;15-10-5-6-18-12-11(10)20-14(21-13(12)17)19-9-3-1-8(7-16)2-4-9/h3-9,11-13H,1-2H3,(H3,28,30,31,32);7-8,10-11H,1-6H3;1-6H,(H3,17,19,20,21)/b4-3+;8-7+;. The molecule has 5 heterocycles. The predicted molar refractivity (Wildman–Crippen MR) is 293 cm³/mol. The van der Waals surface area contributed by atoms with E-state index in [1.807, 2.05) is 50.3 Å². The number of nitrogen functional groups attached to an aromatic ring is 2. The molecule has 8 aromatic rings. The molecule has 0 saturated carbocycles. The van der Waals surface area contributed by atoms with E-state index in [9.17, 15) is 0 Å². The van der Waals surface area contributed by atoms with Gasteiger partial charge >= 0.3 is 7.12 Å². The van der Waals surface area contributed by atoms with E-state index in [4.69, 9.17) is 58.4 Å². The number of nitrogens with two attached hydrogens (primary N) is 2. The maximum Gasteiger partial charge on any atom is 0.495 e. The summed E-state index contributed by atoms with van der Waals surface area (Å²) in [5.41, 5.74) is 25.5. The Hall–Kier alpha value is -9.23. The Morgan fingerprint density at radius 3 is 1.43 bits per heavy atom. The van der Waals surface area contributed by atoms with Gasteiger partial charge in [0.2, 0.25) is 11.9 Å². The van der Waals surface area contributed by atoms with Crippen LogP contribution >= 0.6 is 11.6 Å². The van der Waals surface area contributed by atoms with E-state index in [0.29, 0.717) is 50.1 Å². The molecule has 18 heteroatoms. The van der Waals surface area contributed by atoms with Crippen molar-refractivity contribution in [3.63, 3.8) is 0 Å². The van der Waals surface area contributed by atoms with E-state index < -0.39 is 0 Å². The Balaban J connectivity index is 0.000000168. The van der Waals surface area contributed by atoms with E-state index >= 15 is 0 Å². The lowest BCUT2D eigenvalue weighted by Gasteiger charge is -2.32. The number of nitrogens with zero attached hydrogens (tertiary/aromatic N) is 10. The van der Waals surface area contributed by atoms with Crippen molar-refractivity contribution in [1.29, 1.82) is 21.0 Å². The Kier molecular flexibility index (Phi) is 16.0. The molecule has 16 nitrogen and oxygen atoms in total. The van der Waals surface area contributed by atoms with Crippen LogP contribution in [0.3, 0.4) is 0 Å².